The van der Waals surface area contributed by atoms with Crippen LogP contribution in [-0.2, 0) is 6.54 Å². The predicted molar refractivity (Wildman–Crippen MR) is 78.8 cm³/mol. The van der Waals surface area contributed by atoms with Crippen LogP contribution in [0.5, 0.6) is 0 Å². The maximum Gasteiger partial charge on any atom is 0.209 e. The van der Waals surface area contributed by atoms with Crippen molar-refractivity contribution in [3.05, 3.63) is 24.1 Å². The van der Waals surface area contributed by atoms with Crippen LogP contribution in [-0.4, -0.2) is 22.5 Å². The molecular formula is C15H23N3O. The van der Waals surface area contributed by atoms with Gasteiger partial charge in [-0.3, -0.25) is 4.90 Å². The molecule has 104 valence electrons. The third-order valence-electron chi connectivity index (χ3n) is 3.16. The maximum atomic E-state index is 5.90. The van der Waals surface area contributed by atoms with Gasteiger partial charge in [0.25, 0.3) is 0 Å². The van der Waals surface area contributed by atoms with Crippen LogP contribution in [0.1, 0.15) is 33.6 Å². The van der Waals surface area contributed by atoms with Crippen LogP contribution in [0.4, 0.5) is 5.69 Å². The number of nitrogen functional groups attached to an aromatic ring is 1. The molecule has 2 aromatic rings. The van der Waals surface area contributed by atoms with E-state index in [0.29, 0.717) is 17.6 Å². The molecule has 4 heteroatoms. The van der Waals surface area contributed by atoms with Crippen LogP contribution >= 0.6 is 0 Å². The molecule has 0 amide bonds. The standard InChI is InChI=1S/C15H23N3O/c1-10(2)8-18(11(3)4)9-14-17-15-12(16)6-5-7-13(15)19-14/h5-7,10-11H,8-9,16H2,1-4H3. The minimum Gasteiger partial charge on any atom is -0.439 e. The van der Waals surface area contributed by atoms with Crippen molar-refractivity contribution in [2.45, 2.75) is 40.3 Å². The lowest BCUT2D eigenvalue weighted by atomic mass is 10.2. The third kappa shape index (κ3) is 3.26. The largest absolute Gasteiger partial charge is 0.439 e. The molecule has 0 saturated carbocycles. The van der Waals surface area contributed by atoms with E-state index in [0.717, 1.165) is 30.1 Å². The summed E-state index contributed by atoms with van der Waals surface area (Å²) in [6, 6.07) is 6.11. The minimum absolute atomic E-state index is 0.467. The number of rotatable bonds is 5. The molecule has 0 radical (unpaired) electrons. The number of para-hydroxylation sites is 1. The Bertz CT molecular complexity index is 545. The molecule has 0 spiro atoms. The number of hydrogen-bond acceptors (Lipinski definition) is 4. The minimum atomic E-state index is 0.467. The van der Waals surface area contributed by atoms with E-state index in [-0.39, 0.29) is 0 Å². The summed E-state index contributed by atoms with van der Waals surface area (Å²) in [6.07, 6.45) is 0. The van der Waals surface area contributed by atoms with Gasteiger partial charge in [-0.05, 0) is 31.9 Å². The van der Waals surface area contributed by atoms with E-state index in [1.807, 2.05) is 18.2 Å². The molecule has 19 heavy (non-hydrogen) atoms. The molecule has 1 heterocycles. The van der Waals surface area contributed by atoms with Gasteiger partial charge in [0.15, 0.2) is 5.58 Å². The van der Waals surface area contributed by atoms with Crippen LogP contribution in [0.15, 0.2) is 22.6 Å². The van der Waals surface area contributed by atoms with E-state index < -0.39 is 0 Å². The van der Waals surface area contributed by atoms with Crippen molar-refractivity contribution >= 4 is 16.8 Å². The fourth-order valence-electron chi connectivity index (χ4n) is 2.18. The highest BCUT2D eigenvalue weighted by atomic mass is 16.3. The Morgan fingerprint density at radius 3 is 2.58 bits per heavy atom. The van der Waals surface area contributed by atoms with Crippen molar-refractivity contribution in [3.63, 3.8) is 0 Å². The molecule has 0 fully saturated rings. The van der Waals surface area contributed by atoms with Crippen molar-refractivity contribution in [1.82, 2.24) is 9.88 Å². The summed E-state index contributed by atoms with van der Waals surface area (Å²) in [5, 5.41) is 0. The van der Waals surface area contributed by atoms with Gasteiger partial charge in [0.2, 0.25) is 5.89 Å². The maximum absolute atomic E-state index is 5.90. The second-order valence-electron chi connectivity index (χ2n) is 5.72. The van der Waals surface area contributed by atoms with Gasteiger partial charge < -0.3 is 10.2 Å². The third-order valence-corrected chi connectivity index (χ3v) is 3.16. The lowest BCUT2D eigenvalue weighted by Gasteiger charge is -2.26. The van der Waals surface area contributed by atoms with Gasteiger partial charge in [-0.1, -0.05) is 19.9 Å². The lowest BCUT2D eigenvalue weighted by Crippen LogP contribution is -2.33. The highest BCUT2D eigenvalue weighted by Crippen LogP contribution is 2.22. The summed E-state index contributed by atoms with van der Waals surface area (Å²) in [6.45, 7) is 10.6. The zero-order chi connectivity index (χ0) is 14.0. The van der Waals surface area contributed by atoms with Gasteiger partial charge in [-0.25, -0.2) is 4.98 Å². The molecule has 0 bridgehead atoms. The van der Waals surface area contributed by atoms with Gasteiger partial charge >= 0.3 is 0 Å². The van der Waals surface area contributed by atoms with E-state index in [2.05, 4.69) is 37.6 Å². The molecule has 0 aliphatic carbocycles. The molecule has 0 unspecified atom stereocenters. The summed E-state index contributed by atoms with van der Waals surface area (Å²) >= 11 is 0. The summed E-state index contributed by atoms with van der Waals surface area (Å²) in [4.78, 5) is 6.88. The van der Waals surface area contributed by atoms with Crippen LogP contribution < -0.4 is 5.73 Å². The molecule has 0 atom stereocenters. The van der Waals surface area contributed by atoms with Gasteiger partial charge in [0, 0.05) is 12.6 Å². The fourth-order valence-corrected chi connectivity index (χ4v) is 2.18. The molecule has 4 nitrogen and oxygen atoms in total. The van der Waals surface area contributed by atoms with Gasteiger partial charge in [-0.2, -0.15) is 0 Å². The van der Waals surface area contributed by atoms with E-state index in [1.54, 1.807) is 0 Å². The molecule has 2 N–H and O–H groups in total. The molecular weight excluding hydrogens is 238 g/mol. The Morgan fingerprint density at radius 2 is 2.00 bits per heavy atom. The molecule has 0 aliphatic rings. The molecule has 2 rings (SSSR count). The first-order valence-corrected chi connectivity index (χ1v) is 6.85. The summed E-state index contributed by atoms with van der Waals surface area (Å²) < 4.78 is 5.78. The molecule has 1 aromatic carbocycles. The molecule has 1 aromatic heterocycles. The molecule has 0 saturated heterocycles. The van der Waals surface area contributed by atoms with Crippen LogP contribution in [0.2, 0.25) is 0 Å². The van der Waals surface area contributed by atoms with Crippen LogP contribution in [0.3, 0.4) is 0 Å². The first-order chi connectivity index (χ1) is 8.97. The number of oxazole rings is 1. The van der Waals surface area contributed by atoms with Gasteiger partial charge in [0.05, 0.1) is 12.2 Å². The highest BCUT2D eigenvalue weighted by Gasteiger charge is 2.16. The zero-order valence-electron chi connectivity index (χ0n) is 12.2. The van der Waals surface area contributed by atoms with Crippen molar-refractivity contribution in [2.24, 2.45) is 5.92 Å². The second kappa shape index (κ2) is 5.61. The van der Waals surface area contributed by atoms with Crippen LogP contribution in [0.25, 0.3) is 11.1 Å². The van der Waals surface area contributed by atoms with Crippen molar-refractivity contribution in [1.29, 1.82) is 0 Å². The summed E-state index contributed by atoms with van der Waals surface area (Å²) in [5.41, 5.74) is 8.11. The Balaban J connectivity index is 2.21. The first-order valence-electron chi connectivity index (χ1n) is 6.85. The first kappa shape index (κ1) is 13.9. The summed E-state index contributed by atoms with van der Waals surface area (Å²) in [7, 11) is 0. The van der Waals surface area contributed by atoms with E-state index >= 15 is 0 Å². The average Bonchev–Trinajstić information content (AvgIpc) is 2.71. The van der Waals surface area contributed by atoms with E-state index in [9.17, 15) is 0 Å². The number of fused-ring (bicyclic) bond motifs is 1. The predicted octanol–water partition coefficient (Wildman–Crippen LogP) is 3.28. The van der Waals surface area contributed by atoms with Gasteiger partial charge in [0.1, 0.15) is 5.52 Å². The molecule has 0 aliphatic heterocycles. The Morgan fingerprint density at radius 1 is 1.26 bits per heavy atom. The Hall–Kier alpha value is -1.55. The normalized spacial score (nSPS) is 12.2. The monoisotopic (exact) mass is 261 g/mol. The lowest BCUT2D eigenvalue weighted by molar-refractivity contribution is 0.173. The zero-order valence-corrected chi connectivity index (χ0v) is 12.2. The highest BCUT2D eigenvalue weighted by molar-refractivity contribution is 5.85. The number of hydrogen-bond donors (Lipinski definition) is 1. The van der Waals surface area contributed by atoms with Crippen molar-refractivity contribution < 1.29 is 4.42 Å². The van der Waals surface area contributed by atoms with E-state index in [4.69, 9.17) is 10.2 Å². The quantitative estimate of drug-likeness (QED) is 0.839. The number of benzene rings is 1. The Labute approximate surface area is 114 Å². The number of anilines is 1. The van der Waals surface area contributed by atoms with Crippen molar-refractivity contribution in [2.75, 3.05) is 12.3 Å². The average molecular weight is 261 g/mol. The number of nitrogens with two attached hydrogens (primary N) is 1. The smallest absolute Gasteiger partial charge is 0.209 e. The second-order valence-corrected chi connectivity index (χ2v) is 5.72. The van der Waals surface area contributed by atoms with E-state index in [1.165, 1.54) is 0 Å². The van der Waals surface area contributed by atoms with Crippen molar-refractivity contribution in [3.8, 4) is 0 Å². The fraction of sp³-hybridized carbons (Fsp3) is 0.533. The summed E-state index contributed by atoms with van der Waals surface area (Å²) in [5.74, 6) is 1.36. The van der Waals surface area contributed by atoms with Crippen LogP contribution in [0, 0.1) is 5.92 Å². The number of nitrogens with zero attached hydrogens (tertiary/aromatic N) is 2. The number of aromatic nitrogens is 1. The van der Waals surface area contributed by atoms with Gasteiger partial charge in [-0.15, -0.1) is 0 Å². The SMILES string of the molecule is CC(C)CN(Cc1nc2c(N)cccc2o1)C(C)C. The Kier molecular flexibility index (Phi) is 4.10. The topological polar surface area (TPSA) is 55.3 Å².